The van der Waals surface area contributed by atoms with E-state index in [1.165, 1.54) is 0 Å². The highest BCUT2D eigenvalue weighted by Gasteiger charge is 2.22. The molecule has 0 amide bonds. The first-order valence-corrected chi connectivity index (χ1v) is 6.68. The lowest BCUT2D eigenvalue weighted by molar-refractivity contribution is 0.244. The van der Waals surface area contributed by atoms with Gasteiger partial charge in [-0.15, -0.1) is 0 Å². The molecule has 1 aliphatic heterocycles. The molecule has 1 aromatic rings. The van der Waals surface area contributed by atoms with E-state index in [1.54, 1.807) is 6.07 Å². The molecule has 0 radical (unpaired) electrons. The molecule has 1 saturated heterocycles. The fraction of sp³-hybridized carbons (Fsp3) is 0.500. The molecule has 0 saturated carbocycles. The van der Waals surface area contributed by atoms with Crippen molar-refractivity contribution in [2.75, 3.05) is 24.6 Å². The Morgan fingerprint density at radius 2 is 2.33 bits per heavy atom. The van der Waals surface area contributed by atoms with Crippen LogP contribution in [0.15, 0.2) is 18.2 Å². The molecule has 18 heavy (non-hydrogen) atoms. The predicted octanol–water partition coefficient (Wildman–Crippen LogP) is 2.81. The predicted molar refractivity (Wildman–Crippen MR) is 72.8 cm³/mol. The summed E-state index contributed by atoms with van der Waals surface area (Å²) in [4.78, 5) is 2.22. The average Bonchev–Trinajstić information content (AvgIpc) is 2.39. The number of hydrogen-bond donors (Lipinski definition) is 1. The van der Waals surface area contributed by atoms with Crippen molar-refractivity contribution < 1.29 is 5.11 Å². The van der Waals surface area contributed by atoms with Crippen molar-refractivity contribution in [2.24, 2.45) is 5.92 Å². The largest absolute Gasteiger partial charge is 0.396 e. The summed E-state index contributed by atoms with van der Waals surface area (Å²) in [6, 6.07) is 7.77. The van der Waals surface area contributed by atoms with Crippen LogP contribution in [0.4, 0.5) is 5.69 Å². The molecule has 0 bridgehead atoms. The Bertz CT molecular complexity index is 454. The first-order valence-electron chi connectivity index (χ1n) is 6.30. The van der Waals surface area contributed by atoms with Gasteiger partial charge in [0.1, 0.15) is 6.07 Å². The minimum Gasteiger partial charge on any atom is -0.396 e. The van der Waals surface area contributed by atoms with Crippen molar-refractivity contribution in [1.29, 1.82) is 5.26 Å². The smallest absolute Gasteiger partial charge is 0.103 e. The third kappa shape index (κ3) is 2.77. The topological polar surface area (TPSA) is 47.3 Å². The van der Waals surface area contributed by atoms with Crippen LogP contribution < -0.4 is 4.90 Å². The Morgan fingerprint density at radius 1 is 1.50 bits per heavy atom. The van der Waals surface area contributed by atoms with Crippen LogP contribution in [0.2, 0.25) is 5.02 Å². The van der Waals surface area contributed by atoms with Gasteiger partial charge in [0.05, 0.1) is 16.3 Å². The molecular weight excluding hydrogens is 248 g/mol. The number of rotatable bonds is 3. The first kappa shape index (κ1) is 13.2. The van der Waals surface area contributed by atoms with Gasteiger partial charge < -0.3 is 10.0 Å². The normalized spacial score (nSPS) is 19.6. The fourth-order valence-electron chi connectivity index (χ4n) is 2.59. The van der Waals surface area contributed by atoms with Gasteiger partial charge in [0, 0.05) is 19.7 Å². The number of halogens is 1. The van der Waals surface area contributed by atoms with E-state index >= 15 is 0 Å². The van der Waals surface area contributed by atoms with E-state index in [0.29, 0.717) is 16.5 Å². The molecule has 1 fully saturated rings. The lowest BCUT2D eigenvalue weighted by Crippen LogP contribution is -2.36. The average molecular weight is 265 g/mol. The van der Waals surface area contributed by atoms with Crippen LogP contribution in [0.1, 0.15) is 24.8 Å². The van der Waals surface area contributed by atoms with Crippen LogP contribution in [-0.2, 0) is 0 Å². The van der Waals surface area contributed by atoms with Crippen LogP contribution in [0.5, 0.6) is 0 Å². The number of aliphatic hydroxyl groups excluding tert-OH is 1. The number of hydrogen-bond acceptors (Lipinski definition) is 3. The summed E-state index contributed by atoms with van der Waals surface area (Å²) in [5.74, 6) is 0.509. The molecule has 3 nitrogen and oxygen atoms in total. The van der Waals surface area contributed by atoms with Crippen LogP contribution in [0, 0.1) is 17.2 Å². The zero-order chi connectivity index (χ0) is 13.0. The van der Waals surface area contributed by atoms with E-state index in [0.717, 1.165) is 38.0 Å². The maximum absolute atomic E-state index is 9.20. The summed E-state index contributed by atoms with van der Waals surface area (Å²) in [6.07, 6.45) is 3.08. The van der Waals surface area contributed by atoms with Crippen molar-refractivity contribution in [1.82, 2.24) is 0 Å². The number of nitriles is 1. The highest BCUT2D eigenvalue weighted by molar-refractivity contribution is 6.32. The molecule has 0 spiro atoms. The Hall–Kier alpha value is -1.24. The summed E-state index contributed by atoms with van der Waals surface area (Å²) in [7, 11) is 0. The van der Waals surface area contributed by atoms with Crippen LogP contribution in [0.3, 0.4) is 0 Å². The number of anilines is 1. The van der Waals surface area contributed by atoms with Gasteiger partial charge in [-0.25, -0.2) is 0 Å². The molecule has 1 aliphatic rings. The molecule has 2 rings (SSSR count). The lowest BCUT2D eigenvalue weighted by atomic mass is 9.94. The van der Waals surface area contributed by atoms with Crippen molar-refractivity contribution in [3.63, 3.8) is 0 Å². The quantitative estimate of drug-likeness (QED) is 0.913. The van der Waals surface area contributed by atoms with Crippen LogP contribution >= 0.6 is 11.6 Å². The summed E-state index contributed by atoms with van der Waals surface area (Å²) < 4.78 is 0. The molecule has 1 heterocycles. The van der Waals surface area contributed by atoms with E-state index in [2.05, 4.69) is 11.0 Å². The SMILES string of the molecule is N#Cc1c(Cl)cccc1N1CCCC(CCO)C1. The molecule has 4 heteroatoms. The third-order valence-electron chi connectivity index (χ3n) is 3.50. The summed E-state index contributed by atoms with van der Waals surface area (Å²) in [5, 5.41) is 18.7. The van der Waals surface area contributed by atoms with Crippen molar-refractivity contribution in [2.45, 2.75) is 19.3 Å². The fourth-order valence-corrected chi connectivity index (χ4v) is 2.80. The highest BCUT2D eigenvalue weighted by atomic mass is 35.5. The Labute approximate surface area is 113 Å². The summed E-state index contributed by atoms with van der Waals surface area (Å²) >= 11 is 6.06. The van der Waals surface area contributed by atoms with E-state index in [1.807, 2.05) is 12.1 Å². The van der Waals surface area contributed by atoms with Gasteiger partial charge in [-0.1, -0.05) is 17.7 Å². The van der Waals surface area contributed by atoms with E-state index in [9.17, 15) is 5.26 Å². The number of piperidine rings is 1. The zero-order valence-electron chi connectivity index (χ0n) is 10.3. The summed E-state index contributed by atoms with van der Waals surface area (Å²) in [6.45, 7) is 2.09. The second kappa shape index (κ2) is 6.08. The van der Waals surface area contributed by atoms with Crippen molar-refractivity contribution in [3.05, 3.63) is 28.8 Å². The second-order valence-electron chi connectivity index (χ2n) is 4.71. The third-order valence-corrected chi connectivity index (χ3v) is 3.82. The number of nitrogens with zero attached hydrogens (tertiary/aromatic N) is 2. The molecule has 1 atom stereocenters. The standard InChI is InChI=1S/C14H17ClN2O/c15-13-4-1-5-14(12(13)9-16)17-7-2-3-11(10-17)6-8-18/h1,4-5,11,18H,2-3,6-8,10H2. The van der Waals surface area contributed by atoms with E-state index in [4.69, 9.17) is 16.7 Å². The van der Waals surface area contributed by atoms with Gasteiger partial charge in [0.25, 0.3) is 0 Å². The van der Waals surface area contributed by atoms with Gasteiger partial charge in [-0.3, -0.25) is 0 Å². The van der Waals surface area contributed by atoms with Gasteiger partial charge in [-0.05, 0) is 37.3 Å². The Kier molecular flexibility index (Phi) is 4.46. The highest BCUT2D eigenvalue weighted by Crippen LogP contribution is 2.30. The molecule has 1 aromatic carbocycles. The minimum atomic E-state index is 0.235. The van der Waals surface area contributed by atoms with Crippen LogP contribution in [0.25, 0.3) is 0 Å². The minimum absolute atomic E-state index is 0.235. The molecular formula is C14H17ClN2O. The van der Waals surface area contributed by atoms with E-state index in [-0.39, 0.29) is 6.61 Å². The molecule has 96 valence electrons. The molecule has 1 unspecified atom stereocenters. The van der Waals surface area contributed by atoms with Crippen LogP contribution in [-0.4, -0.2) is 24.8 Å². The van der Waals surface area contributed by atoms with Gasteiger partial charge in [-0.2, -0.15) is 5.26 Å². The molecule has 0 aliphatic carbocycles. The van der Waals surface area contributed by atoms with Gasteiger partial charge in [0.15, 0.2) is 0 Å². The maximum Gasteiger partial charge on any atom is 0.103 e. The summed E-state index contributed by atoms with van der Waals surface area (Å²) in [5.41, 5.74) is 1.48. The zero-order valence-corrected chi connectivity index (χ0v) is 11.0. The molecule has 0 aromatic heterocycles. The Morgan fingerprint density at radius 3 is 3.06 bits per heavy atom. The van der Waals surface area contributed by atoms with Crippen molar-refractivity contribution >= 4 is 17.3 Å². The van der Waals surface area contributed by atoms with Gasteiger partial charge in [0.2, 0.25) is 0 Å². The van der Waals surface area contributed by atoms with Gasteiger partial charge >= 0.3 is 0 Å². The second-order valence-corrected chi connectivity index (χ2v) is 5.12. The number of aliphatic hydroxyl groups is 1. The van der Waals surface area contributed by atoms with E-state index < -0.39 is 0 Å². The first-order chi connectivity index (χ1) is 8.76. The maximum atomic E-state index is 9.20. The number of benzene rings is 1. The van der Waals surface area contributed by atoms with Crippen molar-refractivity contribution in [3.8, 4) is 6.07 Å². The Balaban J connectivity index is 2.21. The molecule has 1 N–H and O–H groups in total. The monoisotopic (exact) mass is 264 g/mol. The lowest BCUT2D eigenvalue weighted by Gasteiger charge is -2.34.